The van der Waals surface area contributed by atoms with E-state index >= 15 is 0 Å². The number of anilines is 1. The number of hydrogen-bond donors (Lipinski definition) is 2. The van der Waals surface area contributed by atoms with E-state index in [-0.39, 0.29) is 11.7 Å². The molecule has 0 unspecified atom stereocenters. The van der Waals surface area contributed by atoms with Gasteiger partial charge < -0.3 is 10.5 Å². The normalized spacial score (nSPS) is 10.8. The number of hydrogen-bond acceptors (Lipinski definition) is 4. The zero-order valence-corrected chi connectivity index (χ0v) is 15.1. The Bertz CT molecular complexity index is 1180. The van der Waals surface area contributed by atoms with E-state index in [1.54, 1.807) is 54.6 Å². The molecule has 1 heterocycles. The van der Waals surface area contributed by atoms with Crippen LogP contribution in [0.15, 0.2) is 72.8 Å². The van der Waals surface area contributed by atoms with E-state index in [2.05, 4.69) is 10.3 Å². The molecule has 0 aliphatic heterocycles. The van der Waals surface area contributed by atoms with Gasteiger partial charge in [-0.05, 0) is 55.5 Å². The first kappa shape index (κ1) is 17.5. The molecule has 138 valence electrons. The summed E-state index contributed by atoms with van der Waals surface area (Å²) in [4.78, 5) is 28.1. The maximum atomic E-state index is 12.4. The number of para-hydroxylation sites is 2. The summed E-state index contributed by atoms with van der Waals surface area (Å²) in [5.74, 6) is 0.119. The number of ketones is 1. The highest BCUT2D eigenvalue weighted by molar-refractivity contribution is 6.05. The van der Waals surface area contributed by atoms with Crippen LogP contribution in [0.5, 0.6) is 0 Å². The first-order valence-electron chi connectivity index (χ1n) is 8.72. The Morgan fingerprint density at radius 1 is 0.893 bits per heavy atom. The smallest absolute Gasteiger partial charge is 0.255 e. The van der Waals surface area contributed by atoms with Crippen molar-refractivity contribution in [3.05, 3.63) is 83.9 Å². The van der Waals surface area contributed by atoms with Crippen molar-refractivity contribution in [3.8, 4) is 11.4 Å². The average Bonchev–Trinajstić information content (AvgIpc) is 3.05. The van der Waals surface area contributed by atoms with Gasteiger partial charge in [0.25, 0.3) is 5.91 Å². The lowest BCUT2D eigenvalue weighted by molar-refractivity contribution is 0.101. The number of carbonyl (C=O) groups excluding carboxylic acids is 2. The molecule has 0 aliphatic carbocycles. The molecule has 2 N–H and O–H groups in total. The van der Waals surface area contributed by atoms with Crippen LogP contribution in [0.2, 0.25) is 0 Å². The minimum atomic E-state index is -0.266. The van der Waals surface area contributed by atoms with E-state index in [0.29, 0.717) is 33.7 Å². The lowest BCUT2D eigenvalue weighted by atomic mass is 10.1. The Balaban J connectivity index is 1.53. The average molecular weight is 371 g/mol. The highest BCUT2D eigenvalue weighted by atomic mass is 16.5. The molecule has 0 atom stereocenters. The third-order valence-corrected chi connectivity index (χ3v) is 4.49. The van der Waals surface area contributed by atoms with Crippen LogP contribution in [0, 0.1) is 0 Å². The molecule has 0 saturated heterocycles. The van der Waals surface area contributed by atoms with Crippen LogP contribution >= 0.6 is 0 Å². The van der Waals surface area contributed by atoms with Crippen molar-refractivity contribution < 1.29 is 14.8 Å². The molecule has 4 rings (SSSR count). The molecule has 0 aliphatic rings. The summed E-state index contributed by atoms with van der Waals surface area (Å²) >= 11 is 0. The lowest BCUT2D eigenvalue weighted by Crippen LogP contribution is -2.12. The largest absolute Gasteiger partial charge is 0.426 e. The molecule has 4 aromatic rings. The quantitative estimate of drug-likeness (QED) is 0.411. The minimum Gasteiger partial charge on any atom is -0.426 e. The zero-order chi connectivity index (χ0) is 19.7. The van der Waals surface area contributed by atoms with Gasteiger partial charge in [-0.3, -0.25) is 9.59 Å². The number of carbonyl (C=O) groups is 2. The third kappa shape index (κ3) is 3.23. The van der Waals surface area contributed by atoms with Crippen LogP contribution in [0.3, 0.4) is 0 Å². The number of fused-ring (bicyclic) bond motifs is 1. The van der Waals surface area contributed by atoms with E-state index in [9.17, 15) is 14.8 Å². The predicted molar refractivity (Wildman–Crippen MR) is 107 cm³/mol. The molecule has 0 spiro atoms. The van der Waals surface area contributed by atoms with Gasteiger partial charge in [-0.1, -0.05) is 24.3 Å². The van der Waals surface area contributed by atoms with E-state index in [1.807, 2.05) is 18.2 Å². The summed E-state index contributed by atoms with van der Waals surface area (Å²) < 4.78 is 1.06. The van der Waals surface area contributed by atoms with E-state index in [4.69, 9.17) is 0 Å². The van der Waals surface area contributed by atoms with Crippen LogP contribution in [0.4, 0.5) is 5.69 Å². The van der Waals surface area contributed by atoms with E-state index in [0.717, 1.165) is 10.3 Å². The van der Waals surface area contributed by atoms with Crippen LogP contribution < -0.4 is 5.32 Å². The Morgan fingerprint density at radius 2 is 1.54 bits per heavy atom. The van der Waals surface area contributed by atoms with Gasteiger partial charge in [-0.15, -0.1) is 0 Å². The number of Topliss-reactive ketones (excluding diaryl/α,β-unsaturated/α-hetero) is 1. The molecule has 0 fully saturated rings. The topological polar surface area (TPSA) is 84.2 Å². The number of aromatic nitrogens is 2. The summed E-state index contributed by atoms with van der Waals surface area (Å²) in [7, 11) is 0. The molecule has 6 nitrogen and oxygen atoms in total. The minimum absolute atomic E-state index is 0.0440. The van der Waals surface area contributed by atoms with Gasteiger partial charge in [0.1, 0.15) is 5.52 Å². The Kier molecular flexibility index (Phi) is 4.37. The predicted octanol–water partition coefficient (Wildman–Crippen LogP) is 4.40. The number of rotatable bonds is 4. The Morgan fingerprint density at radius 3 is 2.18 bits per heavy atom. The molecule has 1 amide bonds. The summed E-state index contributed by atoms with van der Waals surface area (Å²) in [5.41, 5.74) is 3.70. The standard InChI is InChI=1S/C22H17N3O3/c1-14(26)15-6-8-17(9-7-15)22(27)23-18-12-10-16(11-13-18)21-24-19-4-2-3-5-20(19)25(21)28/h2-13,28H,1H3,(H,23,27). The Hall–Kier alpha value is -3.93. The van der Waals surface area contributed by atoms with Gasteiger partial charge in [0.15, 0.2) is 11.6 Å². The summed E-state index contributed by atoms with van der Waals surface area (Å²) in [6.07, 6.45) is 0. The van der Waals surface area contributed by atoms with Crippen LogP contribution in [0.25, 0.3) is 22.4 Å². The first-order chi connectivity index (χ1) is 13.5. The summed E-state index contributed by atoms with van der Waals surface area (Å²) in [6, 6.07) is 20.9. The van der Waals surface area contributed by atoms with Crippen molar-refractivity contribution in [1.82, 2.24) is 9.71 Å². The Labute approximate surface area is 161 Å². The number of nitrogens with one attached hydrogen (secondary N) is 1. The molecular weight excluding hydrogens is 354 g/mol. The van der Waals surface area contributed by atoms with Gasteiger partial charge in [0.2, 0.25) is 0 Å². The first-order valence-corrected chi connectivity index (χ1v) is 8.72. The van der Waals surface area contributed by atoms with Gasteiger partial charge >= 0.3 is 0 Å². The fourth-order valence-electron chi connectivity index (χ4n) is 2.96. The van der Waals surface area contributed by atoms with Crippen LogP contribution in [-0.4, -0.2) is 26.6 Å². The van der Waals surface area contributed by atoms with Gasteiger partial charge in [0.05, 0.1) is 5.52 Å². The molecule has 0 saturated carbocycles. The summed E-state index contributed by atoms with van der Waals surface area (Å²) in [6.45, 7) is 1.48. The molecule has 1 aromatic heterocycles. The van der Waals surface area contributed by atoms with Gasteiger partial charge in [0, 0.05) is 22.4 Å². The molecular formula is C22H17N3O3. The number of nitrogens with zero attached hydrogens (tertiary/aromatic N) is 2. The SMILES string of the molecule is CC(=O)c1ccc(C(=O)Nc2ccc(-c3nc4ccccc4n3O)cc2)cc1. The van der Waals surface area contributed by atoms with Crippen molar-refractivity contribution in [2.45, 2.75) is 6.92 Å². The van der Waals surface area contributed by atoms with E-state index in [1.165, 1.54) is 6.92 Å². The maximum absolute atomic E-state index is 12.4. The van der Waals surface area contributed by atoms with Crippen LogP contribution in [-0.2, 0) is 0 Å². The second-order valence-electron chi connectivity index (χ2n) is 6.40. The van der Waals surface area contributed by atoms with Crippen LogP contribution in [0.1, 0.15) is 27.6 Å². The monoisotopic (exact) mass is 371 g/mol. The second kappa shape index (κ2) is 7.00. The fourth-order valence-corrected chi connectivity index (χ4v) is 2.96. The molecule has 28 heavy (non-hydrogen) atoms. The van der Waals surface area contributed by atoms with Gasteiger partial charge in [-0.25, -0.2) is 4.98 Å². The summed E-state index contributed by atoms with van der Waals surface area (Å²) in [5, 5.41) is 13.1. The third-order valence-electron chi connectivity index (χ3n) is 4.49. The van der Waals surface area contributed by atoms with Crippen molar-refractivity contribution in [2.24, 2.45) is 0 Å². The van der Waals surface area contributed by atoms with Crippen molar-refractivity contribution in [2.75, 3.05) is 5.32 Å². The molecule has 6 heteroatoms. The van der Waals surface area contributed by atoms with E-state index < -0.39 is 0 Å². The van der Waals surface area contributed by atoms with Crippen molar-refractivity contribution in [1.29, 1.82) is 0 Å². The highest BCUT2D eigenvalue weighted by Gasteiger charge is 2.12. The zero-order valence-electron chi connectivity index (χ0n) is 15.1. The van der Waals surface area contributed by atoms with Crippen molar-refractivity contribution in [3.63, 3.8) is 0 Å². The van der Waals surface area contributed by atoms with Gasteiger partial charge in [-0.2, -0.15) is 4.73 Å². The maximum Gasteiger partial charge on any atom is 0.255 e. The molecule has 0 bridgehead atoms. The number of benzene rings is 3. The molecule has 3 aromatic carbocycles. The lowest BCUT2D eigenvalue weighted by Gasteiger charge is -2.07. The highest BCUT2D eigenvalue weighted by Crippen LogP contribution is 2.24. The number of imidazole rings is 1. The fraction of sp³-hybridized carbons (Fsp3) is 0.0455. The van der Waals surface area contributed by atoms with Crippen molar-refractivity contribution >= 4 is 28.4 Å². The molecule has 0 radical (unpaired) electrons. The second-order valence-corrected chi connectivity index (χ2v) is 6.40. The number of amides is 1.